The van der Waals surface area contributed by atoms with Gasteiger partial charge in [0.1, 0.15) is 0 Å². The SMILES string of the molecule is CC/C=C/CP(=O)(CN)OCc1ccccc1. The van der Waals surface area contributed by atoms with Crippen LogP contribution in [-0.2, 0) is 15.7 Å². The molecule has 0 bridgehead atoms. The maximum atomic E-state index is 12.2. The van der Waals surface area contributed by atoms with Crippen molar-refractivity contribution in [2.45, 2.75) is 20.0 Å². The van der Waals surface area contributed by atoms with E-state index in [0.29, 0.717) is 12.8 Å². The summed E-state index contributed by atoms with van der Waals surface area (Å²) < 4.78 is 17.7. The topological polar surface area (TPSA) is 52.3 Å². The summed E-state index contributed by atoms with van der Waals surface area (Å²) >= 11 is 0. The molecule has 0 aliphatic rings. The van der Waals surface area contributed by atoms with Gasteiger partial charge in [-0.2, -0.15) is 0 Å². The molecule has 0 spiro atoms. The van der Waals surface area contributed by atoms with Gasteiger partial charge in [-0.25, -0.2) is 0 Å². The number of allylic oxidation sites excluding steroid dienone is 2. The van der Waals surface area contributed by atoms with E-state index in [1.165, 1.54) is 0 Å². The van der Waals surface area contributed by atoms with Gasteiger partial charge < -0.3 is 10.3 Å². The molecule has 1 unspecified atom stereocenters. The molecule has 0 aliphatic carbocycles. The van der Waals surface area contributed by atoms with E-state index in [4.69, 9.17) is 10.3 Å². The number of rotatable bonds is 7. The zero-order chi connectivity index (χ0) is 12.6. The first-order valence-corrected chi connectivity index (χ1v) is 7.81. The van der Waals surface area contributed by atoms with Crippen LogP contribution in [-0.4, -0.2) is 12.4 Å². The summed E-state index contributed by atoms with van der Waals surface area (Å²) in [5, 5.41) is 0. The van der Waals surface area contributed by atoms with Crippen LogP contribution >= 0.6 is 7.37 Å². The maximum absolute atomic E-state index is 12.2. The lowest BCUT2D eigenvalue weighted by Gasteiger charge is -2.15. The van der Waals surface area contributed by atoms with Crippen molar-refractivity contribution in [2.75, 3.05) is 12.4 Å². The molecule has 0 radical (unpaired) electrons. The van der Waals surface area contributed by atoms with E-state index < -0.39 is 7.37 Å². The molecule has 0 amide bonds. The second kappa shape index (κ2) is 7.44. The zero-order valence-corrected chi connectivity index (χ0v) is 11.1. The normalized spacial score (nSPS) is 14.9. The quantitative estimate of drug-likeness (QED) is 0.598. The number of benzene rings is 1. The molecule has 17 heavy (non-hydrogen) atoms. The van der Waals surface area contributed by atoms with E-state index in [1.807, 2.05) is 49.4 Å². The first-order valence-electron chi connectivity index (χ1n) is 5.82. The minimum Gasteiger partial charge on any atom is -0.323 e. The highest BCUT2D eigenvalue weighted by atomic mass is 31.2. The van der Waals surface area contributed by atoms with Crippen molar-refractivity contribution in [1.82, 2.24) is 0 Å². The molecule has 1 rings (SSSR count). The van der Waals surface area contributed by atoms with E-state index in [9.17, 15) is 4.57 Å². The third-order valence-electron chi connectivity index (χ3n) is 2.37. The smallest absolute Gasteiger partial charge is 0.220 e. The molecular weight excluding hydrogens is 233 g/mol. The number of hydrogen-bond donors (Lipinski definition) is 1. The molecule has 1 atom stereocenters. The minimum atomic E-state index is -2.70. The van der Waals surface area contributed by atoms with Crippen LogP contribution in [0.5, 0.6) is 0 Å². The Hall–Kier alpha value is -0.890. The van der Waals surface area contributed by atoms with E-state index in [2.05, 4.69) is 0 Å². The average Bonchev–Trinajstić information content (AvgIpc) is 2.38. The van der Waals surface area contributed by atoms with Gasteiger partial charge >= 0.3 is 0 Å². The Kier molecular flexibility index (Phi) is 6.20. The van der Waals surface area contributed by atoms with Gasteiger partial charge in [0.2, 0.25) is 7.37 Å². The molecule has 2 N–H and O–H groups in total. The third kappa shape index (κ3) is 5.31. The van der Waals surface area contributed by atoms with Gasteiger partial charge in [0.15, 0.2) is 0 Å². The van der Waals surface area contributed by atoms with Crippen molar-refractivity contribution < 1.29 is 9.09 Å². The predicted octanol–water partition coefficient (Wildman–Crippen LogP) is 3.36. The molecule has 0 saturated heterocycles. The van der Waals surface area contributed by atoms with E-state index >= 15 is 0 Å². The largest absolute Gasteiger partial charge is 0.323 e. The van der Waals surface area contributed by atoms with Gasteiger partial charge in [0.05, 0.1) is 12.9 Å². The maximum Gasteiger partial charge on any atom is 0.220 e. The molecule has 4 heteroatoms. The Balaban J connectivity index is 2.52. The van der Waals surface area contributed by atoms with Gasteiger partial charge in [-0.15, -0.1) is 0 Å². The number of nitrogens with two attached hydrogens (primary N) is 1. The van der Waals surface area contributed by atoms with Gasteiger partial charge in [-0.3, -0.25) is 4.57 Å². The van der Waals surface area contributed by atoms with Crippen molar-refractivity contribution in [3.63, 3.8) is 0 Å². The van der Waals surface area contributed by atoms with Gasteiger partial charge in [0, 0.05) is 6.16 Å². The van der Waals surface area contributed by atoms with Crippen LogP contribution < -0.4 is 5.73 Å². The predicted molar refractivity (Wildman–Crippen MR) is 72.2 cm³/mol. The summed E-state index contributed by atoms with van der Waals surface area (Å²) in [6.45, 7) is 2.39. The highest BCUT2D eigenvalue weighted by Crippen LogP contribution is 2.45. The van der Waals surface area contributed by atoms with Crippen molar-refractivity contribution in [3.8, 4) is 0 Å². The van der Waals surface area contributed by atoms with Gasteiger partial charge in [-0.1, -0.05) is 49.4 Å². The standard InChI is InChI=1S/C13H20NO2P/c1-2-3-7-10-17(15,12-14)16-11-13-8-5-4-6-9-13/h3-9H,2,10-12,14H2,1H3/b7-3+. The van der Waals surface area contributed by atoms with Crippen LogP contribution in [0.3, 0.4) is 0 Å². The Morgan fingerprint density at radius 3 is 2.59 bits per heavy atom. The molecule has 1 aromatic rings. The Labute approximate surface area is 103 Å². The zero-order valence-electron chi connectivity index (χ0n) is 10.2. The van der Waals surface area contributed by atoms with Crippen molar-refractivity contribution in [1.29, 1.82) is 0 Å². The average molecular weight is 253 g/mol. The molecule has 0 heterocycles. The molecule has 0 aromatic heterocycles. The first-order chi connectivity index (χ1) is 8.20. The minimum absolute atomic E-state index is 0.0912. The van der Waals surface area contributed by atoms with Crippen molar-refractivity contribution >= 4 is 7.37 Å². The summed E-state index contributed by atoms with van der Waals surface area (Å²) in [6, 6.07) is 9.70. The highest BCUT2D eigenvalue weighted by Gasteiger charge is 2.19. The lowest BCUT2D eigenvalue weighted by molar-refractivity contribution is 0.304. The summed E-state index contributed by atoms with van der Waals surface area (Å²) in [5.74, 6) is 0. The summed E-state index contributed by atoms with van der Waals surface area (Å²) in [5.41, 5.74) is 6.55. The van der Waals surface area contributed by atoms with E-state index in [0.717, 1.165) is 12.0 Å². The second-order valence-electron chi connectivity index (χ2n) is 3.82. The Morgan fingerprint density at radius 1 is 1.29 bits per heavy atom. The molecule has 1 aromatic carbocycles. The van der Waals surface area contributed by atoms with Gasteiger partial charge in [-0.05, 0) is 12.0 Å². The molecule has 94 valence electrons. The van der Waals surface area contributed by atoms with Crippen molar-refractivity contribution in [2.24, 2.45) is 5.73 Å². The Morgan fingerprint density at radius 2 is 2.00 bits per heavy atom. The van der Waals surface area contributed by atoms with Crippen LogP contribution in [0.2, 0.25) is 0 Å². The van der Waals surface area contributed by atoms with Crippen LogP contribution in [0, 0.1) is 0 Å². The highest BCUT2D eigenvalue weighted by molar-refractivity contribution is 7.59. The summed E-state index contributed by atoms with van der Waals surface area (Å²) in [6.07, 6.45) is 5.31. The van der Waals surface area contributed by atoms with Crippen LogP contribution in [0.15, 0.2) is 42.5 Å². The van der Waals surface area contributed by atoms with Crippen LogP contribution in [0.4, 0.5) is 0 Å². The molecule has 0 saturated carbocycles. The Bertz CT molecular complexity index is 390. The van der Waals surface area contributed by atoms with E-state index in [1.54, 1.807) is 0 Å². The lowest BCUT2D eigenvalue weighted by Crippen LogP contribution is -2.06. The summed E-state index contributed by atoms with van der Waals surface area (Å²) in [7, 11) is -2.70. The molecule has 3 nitrogen and oxygen atoms in total. The summed E-state index contributed by atoms with van der Waals surface area (Å²) in [4.78, 5) is 0. The van der Waals surface area contributed by atoms with Crippen LogP contribution in [0.1, 0.15) is 18.9 Å². The lowest BCUT2D eigenvalue weighted by atomic mass is 10.2. The fraction of sp³-hybridized carbons (Fsp3) is 0.385. The second-order valence-corrected chi connectivity index (χ2v) is 6.44. The monoisotopic (exact) mass is 253 g/mol. The van der Waals surface area contributed by atoms with Gasteiger partial charge in [0.25, 0.3) is 0 Å². The molecule has 0 fully saturated rings. The number of hydrogen-bond acceptors (Lipinski definition) is 3. The third-order valence-corrected chi connectivity index (χ3v) is 4.30. The fourth-order valence-corrected chi connectivity index (χ4v) is 2.56. The van der Waals surface area contributed by atoms with Crippen LogP contribution in [0.25, 0.3) is 0 Å². The van der Waals surface area contributed by atoms with E-state index in [-0.39, 0.29) is 6.29 Å². The first kappa shape index (κ1) is 14.2. The fourth-order valence-electron chi connectivity index (χ4n) is 1.35. The molecule has 0 aliphatic heterocycles. The molecular formula is C13H20NO2P. The van der Waals surface area contributed by atoms with Crippen molar-refractivity contribution in [3.05, 3.63) is 48.0 Å².